The second-order valence-corrected chi connectivity index (χ2v) is 5.43. The summed E-state index contributed by atoms with van der Waals surface area (Å²) in [5.74, 6) is 0. The van der Waals surface area contributed by atoms with Crippen molar-refractivity contribution in [3.05, 3.63) is 24.3 Å². The second kappa shape index (κ2) is 3.92. The van der Waals surface area contributed by atoms with Crippen LogP contribution in [0.2, 0.25) is 0 Å². The van der Waals surface area contributed by atoms with Gasteiger partial charge in [-0.05, 0) is 24.3 Å². The Morgan fingerprint density at radius 1 is 1.13 bits per heavy atom. The molecule has 1 aromatic rings. The van der Waals surface area contributed by atoms with Gasteiger partial charge in [-0.2, -0.15) is 8.42 Å². The fourth-order valence-corrected chi connectivity index (χ4v) is 1.84. The van der Waals surface area contributed by atoms with Crippen LogP contribution in [-0.2, 0) is 14.9 Å². The van der Waals surface area contributed by atoms with E-state index in [2.05, 4.69) is 0 Å². The van der Waals surface area contributed by atoms with Crippen molar-refractivity contribution >= 4 is 28.9 Å². The Kier molecular flexibility index (Phi) is 3.17. The van der Waals surface area contributed by atoms with Gasteiger partial charge < -0.3 is 9.79 Å². The van der Waals surface area contributed by atoms with Crippen molar-refractivity contribution in [2.24, 2.45) is 0 Å². The molecular formula is C6H8NO6PS. The van der Waals surface area contributed by atoms with E-state index in [9.17, 15) is 13.0 Å². The third kappa shape index (κ3) is 3.98. The third-order valence-corrected chi connectivity index (χ3v) is 2.91. The Labute approximate surface area is 85.8 Å². The van der Waals surface area contributed by atoms with Crippen LogP contribution < -0.4 is 10.0 Å². The molecule has 0 radical (unpaired) electrons. The normalized spacial score (nSPS) is 12.5. The van der Waals surface area contributed by atoms with Gasteiger partial charge in [0, 0.05) is 0 Å². The molecule has 0 unspecified atom stereocenters. The van der Waals surface area contributed by atoms with Crippen molar-refractivity contribution < 1.29 is 27.3 Å². The lowest BCUT2D eigenvalue weighted by Crippen LogP contribution is -2.11. The first-order chi connectivity index (χ1) is 6.68. The van der Waals surface area contributed by atoms with E-state index in [1.807, 2.05) is 0 Å². The molecule has 0 amide bonds. The minimum Gasteiger partial charge on any atom is -0.321 e. The van der Waals surface area contributed by atoms with Gasteiger partial charge in [0.15, 0.2) is 0 Å². The molecule has 0 spiro atoms. The number of hydrogen-bond acceptors (Lipinski definition) is 3. The van der Waals surface area contributed by atoms with E-state index in [1.165, 1.54) is 0 Å². The number of rotatable bonds is 3. The Balaban J connectivity index is 2.97. The Morgan fingerprint density at radius 2 is 1.60 bits per heavy atom. The molecule has 84 valence electrons. The summed E-state index contributed by atoms with van der Waals surface area (Å²) in [6.45, 7) is 0. The summed E-state index contributed by atoms with van der Waals surface area (Å²) in [6, 6.07) is 4.38. The summed E-state index contributed by atoms with van der Waals surface area (Å²) in [5.41, 5.74) is 0.00898. The average molecular weight is 253 g/mol. The van der Waals surface area contributed by atoms with Crippen molar-refractivity contribution in [2.75, 3.05) is 4.72 Å². The molecule has 1 rings (SSSR count). The lowest BCUT2D eigenvalue weighted by molar-refractivity contribution is 0.387. The van der Waals surface area contributed by atoms with Gasteiger partial charge in [-0.3, -0.25) is 13.8 Å². The van der Waals surface area contributed by atoms with Crippen LogP contribution in [0.4, 0.5) is 5.69 Å². The van der Waals surface area contributed by atoms with Crippen LogP contribution in [0.25, 0.3) is 0 Å². The minimum atomic E-state index is -4.37. The fourth-order valence-electron chi connectivity index (χ4n) is 0.873. The molecule has 0 atom stereocenters. The summed E-state index contributed by atoms with van der Waals surface area (Å²) in [6.07, 6.45) is 0. The summed E-state index contributed by atoms with van der Waals surface area (Å²) >= 11 is 0. The summed E-state index contributed by atoms with van der Waals surface area (Å²) in [5, 5.41) is -0.233. The van der Waals surface area contributed by atoms with Gasteiger partial charge in [-0.1, -0.05) is 0 Å². The highest BCUT2D eigenvalue weighted by atomic mass is 32.2. The quantitative estimate of drug-likeness (QED) is 0.433. The van der Waals surface area contributed by atoms with Crippen LogP contribution >= 0.6 is 7.60 Å². The molecule has 0 bridgehead atoms. The highest BCUT2D eigenvalue weighted by Crippen LogP contribution is 2.33. The van der Waals surface area contributed by atoms with Gasteiger partial charge in [-0.15, -0.1) is 0 Å². The van der Waals surface area contributed by atoms with E-state index >= 15 is 0 Å². The molecule has 0 heterocycles. The minimum absolute atomic E-state index is 0.00898. The topological polar surface area (TPSA) is 124 Å². The fraction of sp³-hybridized carbons (Fsp3) is 0. The lowest BCUT2D eigenvalue weighted by atomic mass is 10.3. The maximum Gasteiger partial charge on any atom is 0.357 e. The Bertz CT molecular complexity index is 489. The number of anilines is 1. The molecular weight excluding hydrogens is 245 g/mol. The molecule has 0 saturated heterocycles. The first-order valence-corrected chi connectivity index (χ1v) is 6.65. The van der Waals surface area contributed by atoms with E-state index in [1.54, 1.807) is 4.72 Å². The second-order valence-electron chi connectivity index (χ2n) is 2.67. The van der Waals surface area contributed by atoms with Crippen LogP contribution in [0.5, 0.6) is 0 Å². The van der Waals surface area contributed by atoms with Crippen molar-refractivity contribution in [1.29, 1.82) is 0 Å². The highest BCUT2D eigenvalue weighted by Gasteiger charge is 2.16. The number of benzene rings is 1. The Hall–Kier alpha value is -0.920. The summed E-state index contributed by atoms with van der Waals surface area (Å²) in [4.78, 5) is 17.5. The maximum absolute atomic E-state index is 10.7. The largest absolute Gasteiger partial charge is 0.357 e. The highest BCUT2D eigenvalue weighted by molar-refractivity contribution is 7.87. The molecule has 1 aromatic carbocycles. The molecule has 7 nitrogen and oxygen atoms in total. The number of hydrogen-bond donors (Lipinski definition) is 4. The smallest absolute Gasteiger partial charge is 0.321 e. The van der Waals surface area contributed by atoms with Crippen molar-refractivity contribution in [3.63, 3.8) is 0 Å². The molecule has 0 aromatic heterocycles. The first kappa shape index (κ1) is 12.2. The predicted octanol–water partition coefficient (Wildman–Crippen LogP) is -0.296. The SMILES string of the molecule is O=P(O)(O)c1ccc(NS(=O)(=O)O)cc1. The molecule has 0 aliphatic carbocycles. The van der Waals surface area contributed by atoms with E-state index in [0.29, 0.717) is 0 Å². The van der Waals surface area contributed by atoms with Crippen LogP contribution in [-0.4, -0.2) is 22.8 Å². The van der Waals surface area contributed by atoms with Crippen LogP contribution in [0.1, 0.15) is 0 Å². The van der Waals surface area contributed by atoms with Gasteiger partial charge in [0.05, 0.1) is 11.0 Å². The number of nitrogens with one attached hydrogen (secondary N) is 1. The molecule has 9 heteroatoms. The van der Waals surface area contributed by atoms with Crippen LogP contribution in [0, 0.1) is 0 Å². The van der Waals surface area contributed by atoms with Gasteiger partial charge in [-0.25, -0.2) is 0 Å². The van der Waals surface area contributed by atoms with Crippen molar-refractivity contribution in [1.82, 2.24) is 0 Å². The zero-order chi connectivity index (χ0) is 11.7. The van der Waals surface area contributed by atoms with Gasteiger partial charge in [0.25, 0.3) is 0 Å². The maximum atomic E-state index is 10.7. The van der Waals surface area contributed by atoms with Gasteiger partial charge in [0.2, 0.25) is 0 Å². The predicted molar refractivity (Wildman–Crippen MR) is 53.3 cm³/mol. The van der Waals surface area contributed by atoms with Crippen LogP contribution in [0.3, 0.4) is 0 Å². The molecule has 0 saturated carbocycles. The molecule has 0 aliphatic heterocycles. The zero-order valence-corrected chi connectivity index (χ0v) is 8.94. The molecule has 4 N–H and O–H groups in total. The molecule has 15 heavy (non-hydrogen) atoms. The van der Waals surface area contributed by atoms with E-state index in [0.717, 1.165) is 24.3 Å². The average Bonchev–Trinajstić information content (AvgIpc) is 2.00. The molecule has 0 aliphatic rings. The first-order valence-electron chi connectivity index (χ1n) is 3.60. The van der Waals surface area contributed by atoms with E-state index < -0.39 is 17.9 Å². The van der Waals surface area contributed by atoms with Gasteiger partial charge in [0.1, 0.15) is 0 Å². The van der Waals surface area contributed by atoms with E-state index in [-0.39, 0.29) is 11.0 Å². The van der Waals surface area contributed by atoms with Crippen molar-refractivity contribution in [2.45, 2.75) is 0 Å². The Morgan fingerprint density at radius 3 is 1.93 bits per heavy atom. The summed E-state index contributed by atoms with van der Waals surface area (Å²) in [7, 11) is -8.70. The summed E-state index contributed by atoms with van der Waals surface area (Å²) < 4.78 is 41.6. The van der Waals surface area contributed by atoms with Crippen molar-refractivity contribution in [3.8, 4) is 0 Å². The molecule has 0 fully saturated rings. The lowest BCUT2D eigenvalue weighted by Gasteiger charge is -2.05. The monoisotopic (exact) mass is 253 g/mol. The standard InChI is InChI=1S/C6H8NO6PS/c8-14(9,10)6-3-1-5(2-4-6)7-15(11,12)13/h1-4,7H,(H2,8,9,10)(H,11,12,13). The van der Waals surface area contributed by atoms with Gasteiger partial charge >= 0.3 is 17.9 Å². The third-order valence-electron chi connectivity index (χ3n) is 1.45. The van der Waals surface area contributed by atoms with Crippen LogP contribution in [0.15, 0.2) is 24.3 Å². The van der Waals surface area contributed by atoms with E-state index in [4.69, 9.17) is 14.3 Å². The zero-order valence-electron chi connectivity index (χ0n) is 7.23.